The summed E-state index contributed by atoms with van der Waals surface area (Å²) in [5.74, 6) is 1.08. The number of ether oxygens (including phenoxy) is 1. The quantitative estimate of drug-likeness (QED) is 0.383. The van der Waals surface area contributed by atoms with Crippen LogP contribution in [-0.4, -0.2) is 21.0 Å². The van der Waals surface area contributed by atoms with Crippen molar-refractivity contribution in [1.29, 1.82) is 0 Å². The summed E-state index contributed by atoms with van der Waals surface area (Å²) in [4.78, 5) is 4.65. The Bertz CT molecular complexity index is 1400. The third kappa shape index (κ3) is 3.23. The van der Waals surface area contributed by atoms with Gasteiger partial charge in [0.05, 0.1) is 5.70 Å². The van der Waals surface area contributed by atoms with Gasteiger partial charge in [0, 0.05) is 16.7 Å². The molecule has 0 saturated carbocycles. The molecule has 0 bridgehead atoms. The van der Waals surface area contributed by atoms with Crippen LogP contribution in [0.2, 0.25) is 0 Å². The number of aromatic nitrogens is 3. The van der Waals surface area contributed by atoms with Crippen LogP contribution in [0.4, 0.5) is 10.3 Å². The lowest BCUT2D eigenvalue weighted by atomic mass is 9.84. The second kappa shape index (κ2) is 7.78. The van der Waals surface area contributed by atoms with Gasteiger partial charge in [-0.1, -0.05) is 71.9 Å². The van der Waals surface area contributed by atoms with Crippen LogP contribution in [0.3, 0.4) is 0 Å². The largest absolute Gasteiger partial charge is 0.480 e. The molecule has 4 aromatic rings. The highest BCUT2D eigenvalue weighted by atomic mass is 32.2. The smallest absolute Gasteiger partial charge is 0.227 e. The number of anilines is 1. The molecule has 33 heavy (non-hydrogen) atoms. The first kappa shape index (κ1) is 20.1. The zero-order valence-electron chi connectivity index (χ0n) is 18.1. The molecule has 2 atom stereocenters. The second-order valence-corrected chi connectivity index (χ2v) is 8.92. The summed E-state index contributed by atoms with van der Waals surface area (Å²) < 4.78 is 23.6. The topological polar surface area (TPSA) is 52.0 Å². The van der Waals surface area contributed by atoms with Gasteiger partial charge < -0.3 is 10.1 Å². The van der Waals surface area contributed by atoms with Crippen molar-refractivity contribution in [2.45, 2.75) is 24.2 Å². The summed E-state index contributed by atoms with van der Waals surface area (Å²) in [7, 11) is 0. The summed E-state index contributed by atoms with van der Waals surface area (Å²) in [6.45, 7) is 2.06. The number of para-hydroxylation sites is 1. The van der Waals surface area contributed by atoms with Gasteiger partial charge in [-0.2, -0.15) is 4.98 Å². The summed E-state index contributed by atoms with van der Waals surface area (Å²) in [5.41, 5.74) is 5.43. The fourth-order valence-corrected chi connectivity index (χ4v) is 4.90. The van der Waals surface area contributed by atoms with Crippen molar-refractivity contribution in [2.75, 3.05) is 11.6 Å². The van der Waals surface area contributed by atoms with E-state index in [1.54, 1.807) is 10.7 Å². The van der Waals surface area contributed by atoms with E-state index in [-0.39, 0.29) is 5.82 Å². The first-order chi connectivity index (χ1) is 16.1. The van der Waals surface area contributed by atoms with E-state index in [0.717, 1.165) is 28.1 Å². The van der Waals surface area contributed by atoms with Crippen molar-refractivity contribution in [2.24, 2.45) is 0 Å². The minimum absolute atomic E-state index is 0.287. The van der Waals surface area contributed by atoms with E-state index >= 15 is 4.39 Å². The van der Waals surface area contributed by atoms with Gasteiger partial charge in [-0.25, -0.2) is 9.07 Å². The maximum atomic E-state index is 15.2. The highest BCUT2D eigenvalue weighted by Crippen LogP contribution is 2.51. The van der Waals surface area contributed by atoms with Crippen molar-refractivity contribution in [3.8, 4) is 5.75 Å². The van der Waals surface area contributed by atoms with E-state index in [9.17, 15) is 0 Å². The average Bonchev–Trinajstić information content (AvgIpc) is 3.26. The van der Waals surface area contributed by atoms with Gasteiger partial charge in [-0.05, 0) is 36.9 Å². The standard InChI is InChI=1S/C26H21FN4OS/c1-15-11-13-16(14-12-15)24-21-22(18-8-4-6-10-20(18)32-24)28-25-29-26(33-2)30-31(25)23(21)17-7-3-5-9-19(17)27/h3-14,23-24H,1-2H3,(H,28,29,30)/t23-,24-/m0/s1. The molecule has 164 valence electrons. The highest BCUT2D eigenvalue weighted by molar-refractivity contribution is 7.98. The number of nitrogens with one attached hydrogen (secondary N) is 1. The van der Waals surface area contributed by atoms with Crippen LogP contribution >= 0.6 is 11.8 Å². The van der Waals surface area contributed by atoms with E-state index in [1.807, 2.05) is 42.7 Å². The van der Waals surface area contributed by atoms with E-state index in [1.165, 1.54) is 23.4 Å². The van der Waals surface area contributed by atoms with Gasteiger partial charge in [-0.15, -0.1) is 5.10 Å². The van der Waals surface area contributed by atoms with Crippen LogP contribution in [0.5, 0.6) is 5.75 Å². The van der Waals surface area contributed by atoms with Crippen LogP contribution in [0.25, 0.3) is 5.70 Å². The molecule has 3 aromatic carbocycles. The second-order valence-electron chi connectivity index (χ2n) is 8.15. The molecular formula is C26H21FN4OS. The molecule has 3 heterocycles. The predicted octanol–water partition coefficient (Wildman–Crippen LogP) is 6.01. The molecule has 5 nitrogen and oxygen atoms in total. The number of aryl methyl sites for hydroxylation is 1. The molecule has 6 rings (SSSR count). The first-order valence-corrected chi connectivity index (χ1v) is 11.9. The van der Waals surface area contributed by atoms with Gasteiger partial charge in [0.15, 0.2) is 0 Å². The van der Waals surface area contributed by atoms with E-state index in [0.29, 0.717) is 16.7 Å². The van der Waals surface area contributed by atoms with E-state index in [4.69, 9.17) is 9.84 Å². The lowest BCUT2D eigenvalue weighted by Crippen LogP contribution is -2.32. The molecular weight excluding hydrogens is 435 g/mol. The van der Waals surface area contributed by atoms with Crippen molar-refractivity contribution in [3.63, 3.8) is 0 Å². The minimum Gasteiger partial charge on any atom is -0.480 e. The molecule has 0 radical (unpaired) electrons. The molecule has 0 saturated heterocycles. The van der Waals surface area contributed by atoms with Crippen LogP contribution in [0.1, 0.15) is 34.4 Å². The fraction of sp³-hybridized carbons (Fsp3) is 0.154. The van der Waals surface area contributed by atoms with Gasteiger partial charge >= 0.3 is 0 Å². The summed E-state index contributed by atoms with van der Waals surface area (Å²) in [6, 6.07) is 22.5. The van der Waals surface area contributed by atoms with Gasteiger partial charge in [0.1, 0.15) is 23.7 Å². The fourth-order valence-electron chi connectivity index (χ4n) is 4.56. The predicted molar refractivity (Wildman–Crippen MR) is 128 cm³/mol. The number of nitrogens with zero attached hydrogens (tertiary/aromatic N) is 3. The number of halogens is 1. The molecule has 0 fully saturated rings. The SMILES string of the molecule is CSc1nc2n(n1)[C@@H](c1ccccc1F)C1=C(N2)c2ccccc2O[C@H]1c1ccc(C)cc1. The Labute approximate surface area is 195 Å². The van der Waals surface area contributed by atoms with Crippen LogP contribution in [0, 0.1) is 12.7 Å². The van der Waals surface area contributed by atoms with Crippen molar-refractivity contribution < 1.29 is 9.13 Å². The number of hydrogen-bond acceptors (Lipinski definition) is 5. The van der Waals surface area contributed by atoms with Crippen LogP contribution in [-0.2, 0) is 0 Å². The average molecular weight is 457 g/mol. The Morgan fingerprint density at radius 1 is 1.00 bits per heavy atom. The molecule has 0 unspecified atom stereocenters. The normalized spacial score (nSPS) is 18.6. The number of benzene rings is 3. The molecule has 1 N–H and O–H groups in total. The Kier molecular flexibility index (Phi) is 4.73. The maximum absolute atomic E-state index is 15.2. The van der Waals surface area contributed by atoms with Gasteiger partial charge in [-0.3, -0.25) is 0 Å². The zero-order valence-corrected chi connectivity index (χ0v) is 18.9. The summed E-state index contributed by atoms with van der Waals surface area (Å²) in [6.07, 6.45) is 1.52. The van der Waals surface area contributed by atoms with Crippen LogP contribution < -0.4 is 10.1 Å². The van der Waals surface area contributed by atoms with E-state index in [2.05, 4.69) is 41.5 Å². The first-order valence-electron chi connectivity index (χ1n) is 10.7. The summed E-state index contributed by atoms with van der Waals surface area (Å²) in [5, 5.41) is 8.83. The number of fused-ring (bicyclic) bond motifs is 3. The van der Waals surface area contributed by atoms with Crippen LogP contribution in [0.15, 0.2) is 83.5 Å². The number of hydrogen-bond donors (Lipinski definition) is 1. The molecule has 0 spiro atoms. The molecule has 1 aromatic heterocycles. The monoisotopic (exact) mass is 456 g/mol. The lowest BCUT2D eigenvalue weighted by molar-refractivity contribution is 0.222. The molecule has 0 aliphatic carbocycles. The van der Waals surface area contributed by atoms with Gasteiger partial charge in [0.25, 0.3) is 0 Å². The highest BCUT2D eigenvalue weighted by Gasteiger charge is 2.42. The molecule has 2 aliphatic heterocycles. The Balaban J connectivity index is 1.65. The molecule has 0 amide bonds. The maximum Gasteiger partial charge on any atom is 0.227 e. The molecule has 2 aliphatic rings. The van der Waals surface area contributed by atoms with Crippen molar-refractivity contribution >= 4 is 23.4 Å². The molecule has 7 heteroatoms. The van der Waals surface area contributed by atoms with E-state index < -0.39 is 12.1 Å². The third-order valence-corrected chi connectivity index (χ3v) is 6.66. The van der Waals surface area contributed by atoms with Crippen molar-refractivity contribution in [3.05, 3.63) is 106 Å². The van der Waals surface area contributed by atoms with Crippen molar-refractivity contribution in [1.82, 2.24) is 14.8 Å². The number of thioether (sulfide) groups is 1. The Morgan fingerprint density at radius 2 is 1.76 bits per heavy atom. The zero-order chi connectivity index (χ0) is 22.5. The Morgan fingerprint density at radius 3 is 2.55 bits per heavy atom. The number of rotatable bonds is 3. The summed E-state index contributed by atoms with van der Waals surface area (Å²) >= 11 is 1.45. The minimum atomic E-state index is -0.509. The Hall–Kier alpha value is -3.58. The lowest BCUT2D eigenvalue weighted by Gasteiger charge is -2.39. The third-order valence-electron chi connectivity index (χ3n) is 6.12. The van der Waals surface area contributed by atoms with Gasteiger partial charge in [0.2, 0.25) is 11.1 Å².